The number of hydrogen-bond donors (Lipinski definition) is 1. The molecule has 4 heteroatoms. The second-order valence-corrected chi connectivity index (χ2v) is 4.50. The molecular formula is C14H14ClNO2. The van der Waals surface area contributed by atoms with Crippen LogP contribution in [0.4, 0.5) is 0 Å². The number of pyridine rings is 1. The first-order valence-corrected chi connectivity index (χ1v) is 5.92. The fraction of sp³-hybridized carbons (Fsp3) is 0.214. The lowest BCUT2D eigenvalue weighted by Gasteiger charge is -2.14. The number of aryl methyl sites for hydroxylation is 1. The average molecular weight is 264 g/mol. The summed E-state index contributed by atoms with van der Waals surface area (Å²) in [6.07, 6.45) is 2.50. The predicted octanol–water partition coefficient (Wildman–Crippen LogP) is 3.13. The molecule has 1 unspecified atom stereocenters. The summed E-state index contributed by atoms with van der Waals surface area (Å²) in [7, 11) is 1.57. The van der Waals surface area contributed by atoms with Crippen LogP contribution in [0.3, 0.4) is 0 Å². The first-order valence-electron chi connectivity index (χ1n) is 5.55. The van der Waals surface area contributed by atoms with E-state index in [1.54, 1.807) is 31.6 Å². The van der Waals surface area contributed by atoms with Gasteiger partial charge in [0.25, 0.3) is 0 Å². The molecule has 18 heavy (non-hydrogen) atoms. The molecule has 94 valence electrons. The fourth-order valence-electron chi connectivity index (χ4n) is 1.82. The zero-order valence-electron chi connectivity index (χ0n) is 10.2. The smallest absolute Gasteiger partial charge is 0.137 e. The molecule has 0 amide bonds. The van der Waals surface area contributed by atoms with Crippen molar-refractivity contribution in [2.45, 2.75) is 13.0 Å². The molecule has 0 aliphatic carbocycles. The molecule has 0 radical (unpaired) electrons. The molecule has 1 aromatic carbocycles. The molecule has 3 nitrogen and oxygen atoms in total. The van der Waals surface area contributed by atoms with Gasteiger partial charge in [-0.2, -0.15) is 0 Å². The quantitative estimate of drug-likeness (QED) is 0.925. The zero-order valence-corrected chi connectivity index (χ0v) is 11.0. The molecule has 0 saturated heterocycles. The van der Waals surface area contributed by atoms with E-state index < -0.39 is 6.10 Å². The normalized spacial score (nSPS) is 12.2. The van der Waals surface area contributed by atoms with E-state index in [-0.39, 0.29) is 0 Å². The van der Waals surface area contributed by atoms with Crippen molar-refractivity contribution in [2.75, 3.05) is 7.11 Å². The van der Waals surface area contributed by atoms with Gasteiger partial charge in [0.05, 0.1) is 13.3 Å². The minimum atomic E-state index is -0.732. The van der Waals surface area contributed by atoms with E-state index in [9.17, 15) is 5.11 Å². The molecule has 0 bridgehead atoms. The van der Waals surface area contributed by atoms with Crippen molar-refractivity contribution in [1.82, 2.24) is 4.98 Å². The lowest BCUT2D eigenvalue weighted by Crippen LogP contribution is -2.03. The number of benzene rings is 1. The molecule has 0 aliphatic rings. The lowest BCUT2D eigenvalue weighted by atomic mass is 9.99. The second kappa shape index (κ2) is 5.38. The first-order chi connectivity index (χ1) is 8.61. The highest BCUT2D eigenvalue weighted by molar-refractivity contribution is 6.30. The minimum absolute atomic E-state index is 0.623. The summed E-state index contributed by atoms with van der Waals surface area (Å²) in [5.41, 5.74) is 2.45. The third-order valence-corrected chi connectivity index (χ3v) is 3.05. The Balaban J connectivity index is 2.37. The third-order valence-electron chi connectivity index (χ3n) is 2.81. The standard InChI is InChI=1S/C14H14ClNO2/c1-9-5-11(15)3-4-13(9)14(17)10-6-12(18-2)8-16-7-10/h3-8,14,17H,1-2H3. The lowest BCUT2D eigenvalue weighted by molar-refractivity contribution is 0.218. The highest BCUT2D eigenvalue weighted by atomic mass is 35.5. The van der Waals surface area contributed by atoms with Crippen LogP contribution in [-0.4, -0.2) is 17.2 Å². The van der Waals surface area contributed by atoms with Crippen LogP contribution in [0.5, 0.6) is 5.75 Å². The van der Waals surface area contributed by atoms with Gasteiger partial charge in [0, 0.05) is 16.8 Å². The number of aliphatic hydroxyl groups is 1. The number of methoxy groups -OCH3 is 1. The summed E-state index contributed by atoms with van der Waals surface area (Å²) < 4.78 is 5.10. The Bertz CT molecular complexity index is 557. The molecule has 0 saturated carbocycles. The molecule has 2 aromatic rings. The first kappa shape index (κ1) is 12.9. The highest BCUT2D eigenvalue weighted by Gasteiger charge is 2.14. The largest absolute Gasteiger partial charge is 0.495 e. The Morgan fingerprint density at radius 1 is 1.28 bits per heavy atom. The number of aliphatic hydroxyl groups excluding tert-OH is 1. The summed E-state index contributed by atoms with van der Waals surface area (Å²) in [6, 6.07) is 7.18. The summed E-state index contributed by atoms with van der Waals surface area (Å²) in [5.74, 6) is 0.623. The number of halogens is 1. The molecule has 1 atom stereocenters. The van der Waals surface area contributed by atoms with E-state index in [1.165, 1.54) is 0 Å². The number of hydrogen-bond acceptors (Lipinski definition) is 3. The zero-order chi connectivity index (χ0) is 13.1. The Labute approximate surface area is 111 Å². The molecule has 1 heterocycles. The van der Waals surface area contributed by atoms with E-state index in [0.717, 1.165) is 11.1 Å². The fourth-order valence-corrected chi connectivity index (χ4v) is 2.05. The van der Waals surface area contributed by atoms with Crippen molar-refractivity contribution in [1.29, 1.82) is 0 Å². The van der Waals surface area contributed by atoms with Gasteiger partial charge in [0.2, 0.25) is 0 Å². The summed E-state index contributed by atoms with van der Waals surface area (Å²) in [6.45, 7) is 1.91. The molecule has 0 aliphatic heterocycles. The van der Waals surface area contributed by atoms with E-state index in [4.69, 9.17) is 16.3 Å². The Morgan fingerprint density at radius 2 is 2.06 bits per heavy atom. The van der Waals surface area contributed by atoms with Gasteiger partial charge in [-0.25, -0.2) is 0 Å². The maximum atomic E-state index is 10.3. The van der Waals surface area contributed by atoms with Gasteiger partial charge in [-0.15, -0.1) is 0 Å². The Hall–Kier alpha value is -1.58. The molecule has 2 rings (SSSR count). The van der Waals surface area contributed by atoms with Gasteiger partial charge in [-0.3, -0.25) is 4.98 Å². The van der Waals surface area contributed by atoms with Crippen molar-refractivity contribution in [3.8, 4) is 5.75 Å². The average Bonchev–Trinajstić information content (AvgIpc) is 2.38. The summed E-state index contributed by atoms with van der Waals surface area (Å²) in [4.78, 5) is 4.04. The molecule has 0 spiro atoms. The van der Waals surface area contributed by atoms with Crippen LogP contribution >= 0.6 is 11.6 Å². The van der Waals surface area contributed by atoms with Gasteiger partial charge >= 0.3 is 0 Å². The topological polar surface area (TPSA) is 42.4 Å². The van der Waals surface area contributed by atoms with Crippen LogP contribution in [0, 0.1) is 6.92 Å². The van der Waals surface area contributed by atoms with E-state index in [1.807, 2.05) is 19.1 Å². The van der Waals surface area contributed by atoms with Crippen LogP contribution in [-0.2, 0) is 0 Å². The van der Waals surface area contributed by atoms with Crippen molar-refractivity contribution in [2.24, 2.45) is 0 Å². The van der Waals surface area contributed by atoms with Crippen LogP contribution in [0.1, 0.15) is 22.8 Å². The number of ether oxygens (including phenoxy) is 1. The van der Waals surface area contributed by atoms with E-state index in [0.29, 0.717) is 16.3 Å². The molecule has 1 aromatic heterocycles. The van der Waals surface area contributed by atoms with E-state index >= 15 is 0 Å². The van der Waals surface area contributed by atoms with Gasteiger partial charge in [0.15, 0.2) is 0 Å². The van der Waals surface area contributed by atoms with Crippen LogP contribution in [0.15, 0.2) is 36.7 Å². The monoisotopic (exact) mass is 263 g/mol. The van der Waals surface area contributed by atoms with Crippen LogP contribution in [0.2, 0.25) is 5.02 Å². The summed E-state index contributed by atoms with van der Waals surface area (Å²) in [5, 5.41) is 11.0. The van der Waals surface area contributed by atoms with Gasteiger partial charge < -0.3 is 9.84 Å². The molecule has 0 fully saturated rings. The molecule has 1 N–H and O–H groups in total. The number of rotatable bonds is 3. The summed E-state index contributed by atoms with van der Waals surface area (Å²) >= 11 is 5.90. The van der Waals surface area contributed by atoms with Crippen molar-refractivity contribution >= 4 is 11.6 Å². The van der Waals surface area contributed by atoms with Gasteiger partial charge in [0.1, 0.15) is 11.9 Å². The van der Waals surface area contributed by atoms with Crippen molar-refractivity contribution in [3.05, 3.63) is 58.4 Å². The number of nitrogens with zero attached hydrogens (tertiary/aromatic N) is 1. The van der Waals surface area contributed by atoms with Crippen LogP contribution < -0.4 is 4.74 Å². The predicted molar refractivity (Wildman–Crippen MR) is 71.0 cm³/mol. The maximum Gasteiger partial charge on any atom is 0.137 e. The van der Waals surface area contributed by atoms with Crippen molar-refractivity contribution < 1.29 is 9.84 Å². The molecular weight excluding hydrogens is 250 g/mol. The minimum Gasteiger partial charge on any atom is -0.495 e. The SMILES string of the molecule is COc1cncc(C(O)c2ccc(Cl)cc2C)c1. The van der Waals surface area contributed by atoms with Gasteiger partial charge in [-0.1, -0.05) is 17.7 Å². The Morgan fingerprint density at radius 3 is 2.72 bits per heavy atom. The maximum absolute atomic E-state index is 10.3. The third kappa shape index (κ3) is 2.63. The van der Waals surface area contributed by atoms with Gasteiger partial charge in [-0.05, 0) is 36.2 Å². The second-order valence-electron chi connectivity index (χ2n) is 4.06. The van der Waals surface area contributed by atoms with Crippen LogP contribution in [0.25, 0.3) is 0 Å². The number of aromatic nitrogens is 1. The highest BCUT2D eigenvalue weighted by Crippen LogP contribution is 2.27. The van der Waals surface area contributed by atoms with Crippen molar-refractivity contribution in [3.63, 3.8) is 0 Å². The van der Waals surface area contributed by atoms with E-state index in [2.05, 4.69) is 4.98 Å². The Kier molecular flexibility index (Phi) is 3.84.